The molecule has 1 amide bonds. The summed E-state index contributed by atoms with van der Waals surface area (Å²) < 4.78 is 10.6. The summed E-state index contributed by atoms with van der Waals surface area (Å²) in [6.45, 7) is 1.06. The van der Waals surface area contributed by atoms with Crippen molar-refractivity contribution in [2.75, 3.05) is 33.1 Å². The predicted molar refractivity (Wildman–Crippen MR) is 121 cm³/mol. The van der Waals surface area contributed by atoms with Crippen LogP contribution in [0, 0.1) is 0 Å². The Labute approximate surface area is 182 Å². The van der Waals surface area contributed by atoms with Gasteiger partial charge >= 0.3 is 0 Å². The van der Waals surface area contributed by atoms with Crippen molar-refractivity contribution in [3.63, 3.8) is 0 Å². The Hall–Kier alpha value is -2.96. The smallest absolute Gasteiger partial charge is 0.279 e. The molecule has 30 heavy (non-hydrogen) atoms. The zero-order valence-electron chi connectivity index (χ0n) is 17.5. The first-order valence-electron chi connectivity index (χ1n) is 9.73. The number of methoxy groups -OCH3 is 2. The summed E-state index contributed by atoms with van der Waals surface area (Å²) in [7, 11) is 5.24. The first-order valence-corrected chi connectivity index (χ1v) is 10.5. The zero-order chi connectivity index (χ0) is 21.3. The first kappa shape index (κ1) is 21.7. The lowest BCUT2D eigenvalue weighted by Crippen LogP contribution is -3.08. The Morgan fingerprint density at radius 3 is 2.37 bits per heavy atom. The molecule has 1 atom stereocenters. The summed E-state index contributed by atoms with van der Waals surface area (Å²) in [5, 5.41) is 3.06. The lowest BCUT2D eigenvalue weighted by Gasteiger charge is -2.16. The molecular formula is C24H27N2O3S+. The number of benzene rings is 3. The maximum absolute atomic E-state index is 12.7. The van der Waals surface area contributed by atoms with Crippen molar-refractivity contribution in [3.05, 3.63) is 78.4 Å². The van der Waals surface area contributed by atoms with Gasteiger partial charge in [0.25, 0.3) is 5.91 Å². The van der Waals surface area contributed by atoms with Crippen LogP contribution >= 0.6 is 11.8 Å². The first-order chi connectivity index (χ1) is 14.6. The Morgan fingerprint density at radius 2 is 1.63 bits per heavy atom. The topological polar surface area (TPSA) is 52.0 Å². The van der Waals surface area contributed by atoms with E-state index in [4.69, 9.17) is 9.47 Å². The second-order valence-corrected chi connectivity index (χ2v) is 8.07. The summed E-state index contributed by atoms with van der Waals surface area (Å²) in [5.74, 6) is 1.37. The highest BCUT2D eigenvalue weighted by atomic mass is 32.2. The van der Waals surface area contributed by atoms with Crippen molar-refractivity contribution < 1.29 is 19.2 Å². The van der Waals surface area contributed by atoms with E-state index in [2.05, 4.69) is 17.4 Å². The van der Waals surface area contributed by atoms with E-state index in [1.807, 2.05) is 67.7 Å². The number of quaternary nitrogens is 1. The van der Waals surface area contributed by atoms with Crippen molar-refractivity contribution in [2.24, 2.45) is 0 Å². The van der Waals surface area contributed by atoms with Gasteiger partial charge in [0.05, 0.1) is 27.0 Å². The predicted octanol–water partition coefficient (Wildman–Crippen LogP) is 3.51. The summed E-state index contributed by atoms with van der Waals surface area (Å²) in [4.78, 5) is 15.9. The fourth-order valence-electron chi connectivity index (χ4n) is 3.14. The van der Waals surface area contributed by atoms with Crippen LogP contribution in [-0.4, -0.2) is 33.7 Å². The zero-order valence-corrected chi connectivity index (χ0v) is 18.3. The molecular weight excluding hydrogens is 396 g/mol. The Kier molecular flexibility index (Phi) is 7.76. The minimum atomic E-state index is -0.0194. The van der Waals surface area contributed by atoms with E-state index >= 15 is 0 Å². The van der Waals surface area contributed by atoms with Crippen molar-refractivity contribution in [3.8, 4) is 11.5 Å². The quantitative estimate of drug-likeness (QED) is 0.553. The van der Waals surface area contributed by atoms with Crippen molar-refractivity contribution in [2.45, 2.75) is 16.3 Å². The van der Waals surface area contributed by atoms with Crippen LogP contribution in [0.25, 0.3) is 0 Å². The fourth-order valence-corrected chi connectivity index (χ4v) is 4.07. The second kappa shape index (κ2) is 10.7. The van der Waals surface area contributed by atoms with E-state index in [1.54, 1.807) is 26.0 Å². The number of carbonyl (C=O) groups is 1. The molecule has 0 aromatic heterocycles. The summed E-state index contributed by atoms with van der Waals surface area (Å²) in [6, 6.07) is 23.8. The van der Waals surface area contributed by atoms with E-state index in [-0.39, 0.29) is 5.91 Å². The average molecular weight is 424 g/mol. The monoisotopic (exact) mass is 423 g/mol. The highest BCUT2D eigenvalue weighted by Gasteiger charge is 2.14. The van der Waals surface area contributed by atoms with Crippen LogP contribution in [0.5, 0.6) is 11.5 Å². The summed E-state index contributed by atoms with van der Waals surface area (Å²) >= 11 is 1.64. The molecule has 1 unspecified atom stereocenters. The molecule has 0 radical (unpaired) electrons. The Bertz CT molecular complexity index is 979. The van der Waals surface area contributed by atoms with Crippen LogP contribution in [0.4, 0.5) is 5.69 Å². The third kappa shape index (κ3) is 6.02. The van der Waals surface area contributed by atoms with Crippen LogP contribution in [0.3, 0.4) is 0 Å². The molecule has 0 fully saturated rings. The third-order valence-corrected chi connectivity index (χ3v) is 5.63. The molecule has 0 heterocycles. The Balaban J connectivity index is 1.60. The highest BCUT2D eigenvalue weighted by molar-refractivity contribution is 7.99. The van der Waals surface area contributed by atoms with Gasteiger partial charge in [-0.25, -0.2) is 0 Å². The molecule has 0 aliphatic rings. The third-order valence-electron chi connectivity index (χ3n) is 4.55. The van der Waals surface area contributed by atoms with Crippen LogP contribution in [-0.2, 0) is 11.3 Å². The molecule has 3 aromatic rings. The number of rotatable bonds is 9. The maximum Gasteiger partial charge on any atom is 0.279 e. The number of ether oxygens (including phenoxy) is 2. The second-order valence-electron chi connectivity index (χ2n) is 6.96. The largest absolute Gasteiger partial charge is 0.493 e. The molecule has 3 aromatic carbocycles. The van der Waals surface area contributed by atoms with Gasteiger partial charge in [-0.3, -0.25) is 4.79 Å². The highest BCUT2D eigenvalue weighted by Crippen LogP contribution is 2.33. The molecule has 0 aliphatic heterocycles. The SMILES string of the molecule is COc1ccc(C[NH+](C)CC(=O)Nc2ccccc2Sc2ccccc2)cc1OC. The van der Waals surface area contributed by atoms with E-state index < -0.39 is 0 Å². The van der Waals surface area contributed by atoms with Gasteiger partial charge in [-0.05, 0) is 42.5 Å². The number of para-hydroxylation sites is 1. The molecule has 0 bridgehead atoms. The van der Waals surface area contributed by atoms with Gasteiger partial charge < -0.3 is 19.7 Å². The standard InChI is InChI=1S/C24H26N2O3S/c1-26(16-18-13-14-21(28-2)22(15-18)29-3)17-24(27)25-20-11-7-8-12-23(20)30-19-9-5-4-6-10-19/h4-15H,16-17H2,1-3H3,(H,25,27)/p+1. The molecule has 156 valence electrons. The summed E-state index contributed by atoms with van der Waals surface area (Å²) in [6.07, 6.45) is 0. The number of likely N-dealkylation sites (N-methyl/N-ethyl adjacent to an activating group) is 1. The number of amides is 1. The Morgan fingerprint density at radius 1 is 0.933 bits per heavy atom. The molecule has 5 nitrogen and oxygen atoms in total. The molecule has 3 rings (SSSR count). The molecule has 0 spiro atoms. The average Bonchev–Trinajstić information content (AvgIpc) is 2.75. The maximum atomic E-state index is 12.7. The fraction of sp³-hybridized carbons (Fsp3) is 0.208. The summed E-state index contributed by atoms with van der Waals surface area (Å²) in [5.41, 5.74) is 1.91. The van der Waals surface area contributed by atoms with E-state index in [0.717, 1.165) is 25.9 Å². The molecule has 0 saturated carbocycles. The van der Waals surface area contributed by atoms with E-state index in [0.29, 0.717) is 24.6 Å². The van der Waals surface area contributed by atoms with Crippen LogP contribution < -0.4 is 19.7 Å². The lowest BCUT2D eigenvalue weighted by atomic mass is 10.2. The van der Waals surface area contributed by atoms with Crippen molar-refractivity contribution in [1.29, 1.82) is 0 Å². The van der Waals surface area contributed by atoms with Gasteiger partial charge in [0.2, 0.25) is 0 Å². The van der Waals surface area contributed by atoms with Gasteiger partial charge in [-0.1, -0.05) is 42.1 Å². The number of carbonyl (C=O) groups excluding carboxylic acids is 1. The van der Waals surface area contributed by atoms with Gasteiger partial charge in [0.15, 0.2) is 18.0 Å². The van der Waals surface area contributed by atoms with Crippen LogP contribution in [0.2, 0.25) is 0 Å². The number of anilines is 1. The minimum Gasteiger partial charge on any atom is -0.493 e. The van der Waals surface area contributed by atoms with Crippen LogP contribution in [0.1, 0.15) is 5.56 Å². The lowest BCUT2D eigenvalue weighted by molar-refractivity contribution is -0.885. The molecule has 0 saturated heterocycles. The van der Waals surface area contributed by atoms with E-state index in [9.17, 15) is 4.79 Å². The molecule has 6 heteroatoms. The van der Waals surface area contributed by atoms with Crippen molar-refractivity contribution in [1.82, 2.24) is 0 Å². The number of nitrogens with one attached hydrogen (secondary N) is 2. The van der Waals surface area contributed by atoms with E-state index in [1.165, 1.54) is 0 Å². The van der Waals surface area contributed by atoms with Crippen molar-refractivity contribution >= 4 is 23.4 Å². The van der Waals surface area contributed by atoms with Gasteiger partial charge in [0, 0.05) is 15.4 Å². The minimum absolute atomic E-state index is 0.0194. The van der Waals surface area contributed by atoms with Crippen LogP contribution in [0.15, 0.2) is 82.6 Å². The molecule has 0 aliphatic carbocycles. The molecule has 2 N–H and O–H groups in total. The number of hydrogen-bond acceptors (Lipinski definition) is 4. The van der Waals surface area contributed by atoms with Gasteiger partial charge in [-0.15, -0.1) is 0 Å². The van der Waals surface area contributed by atoms with Gasteiger partial charge in [0.1, 0.15) is 6.54 Å². The van der Waals surface area contributed by atoms with Gasteiger partial charge in [-0.2, -0.15) is 0 Å². The normalized spacial score (nSPS) is 11.6. The number of hydrogen-bond donors (Lipinski definition) is 2.